The van der Waals surface area contributed by atoms with Gasteiger partial charge in [-0.1, -0.05) is 48.5 Å². The number of amides is 7. The summed E-state index contributed by atoms with van der Waals surface area (Å²) in [4.78, 5) is 114. The van der Waals surface area contributed by atoms with Gasteiger partial charge in [0.15, 0.2) is 17.9 Å². The zero-order chi connectivity index (χ0) is 57.1. The molecule has 2 heterocycles. The molecule has 1 saturated heterocycles. The van der Waals surface area contributed by atoms with Crippen LogP contribution in [0.5, 0.6) is 0 Å². The van der Waals surface area contributed by atoms with Crippen LogP contribution in [0.4, 0.5) is 0 Å². The Hall–Kier alpha value is -8.53. The molecule has 2 aromatic carbocycles. The number of fused-ring (bicyclic) bond motifs is 1. The number of rotatable bonds is 20. The normalized spacial score (nSPS) is 21.7. The Morgan fingerprint density at radius 3 is 1.88 bits per heavy atom. The molecule has 3 aromatic rings. The summed E-state index contributed by atoms with van der Waals surface area (Å²) in [5.74, 6) is -7.65. The van der Waals surface area contributed by atoms with Crippen molar-refractivity contribution in [1.82, 2.24) is 63.5 Å². The highest BCUT2D eigenvalue weighted by molar-refractivity contribution is 5.96. The minimum Gasteiger partial charge on any atom is -0.480 e. The molecule has 28 nitrogen and oxygen atoms in total. The fourth-order valence-corrected chi connectivity index (χ4v) is 8.62. The van der Waals surface area contributed by atoms with Crippen molar-refractivity contribution in [2.24, 2.45) is 17.2 Å². The van der Waals surface area contributed by atoms with Crippen molar-refractivity contribution in [3.8, 4) is 0 Å². The number of nitrogens with one attached hydrogen (secondary N) is 15. The van der Waals surface area contributed by atoms with Gasteiger partial charge in [0.25, 0.3) is 0 Å². The molecule has 1 aromatic heterocycles. The fourth-order valence-electron chi connectivity index (χ4n) is 8.62. The van der Waals surface area contributed by atoms with E-state index in [0.29, 0.717) is 11.1 Å². The van der Waals surface area contributed by atoms with E-state index in [9.17, 15) is 48.6 Å². The number of H-pyrrole nitrogens is 1. The molecule has 0 aliphatic carbocycles. The van der Waals surface area contributed by atoms with E-state index in [1.165, 1.54) is 6.92 Å². The van der Waals surface area contributed by atoms with Gasteiger partial charge in [0.2, 0.25) is 41.4 Å². The van der Waals surface area contributed by atoms with E-state index in [4.69, 9.17) is 33.4 Å². The number of carboxylic acid groups (broad SMARTS) is 1. The van der Waals surface area contributed by atoms with Crippen LogP contribution in [0, 0.1) is 16.2 Å². The molecule has 28 heteroatoms. The molecule has 78 heavy (non-hydrogen) atoms. The summed E-state index contributed by atoms with van der Waals surface area (Å²) < 4.78 is 0. The van der Waals surface area contributed by atoms with Crippen molar-refractivity contribution in [2.75, 3.05) is 26.2 Å². The molecular weight excluding hydrogens is 1010 g/mol. The molecule has 426 valence electrons. The lowest BCUT2D eigenvalue weighted by Gasteiger charge is -2.31. The molecule has 0 radical (unpaired) electrons. The van der Waals surface area contributed by atoms with E-state index in [1.54, 1.807) is 42.6 Å². The van der Waals surface area contributed by atoms with Gasteiger partial charge in [-0.15, -0.1) is 0 Å². The summed E-state index contributed by atoms with van der Waals surface area (Å²) in [6.07, 6.45) is -0.573. The van der Waals surface area contributed by atoms with Crippen LogP contribution in [0.3, 0.4) is 0 Å². The first-order valence-corrected chi connectivity index (χ1v) is 25.8. The molecule has 8 atom stereocenters. The summed E-state index contributed by atoms with van der Waals surface area (Å²) in [5.41, 5.74) is 18.4. The van der Waals surface area contributed by atoms with Crippen molar-refractivity contribution in [3.05, 3.63) is 71.9 Å². The average molecular weight is 1090 g/mol. The van der Waals surface area contributed by atoms with Crippen LogP contribution >= 0.6 is 0 Å². The zero-order valence-electron chi connectivity index (χ0n) is 43.6. The molecule has 4 rings (SSSR count). The minimum absolute atomic E-state index is 0.0471. The highest BCUT2D eigenvalue weighted by atomic mass is 16.4. The van der Waals surface area contributed by atoms with Crippen LogP contribution in [0.25, 0.3) is 10.9 Å². The molecule has 1 fully saturated rings. The molecule has 1 aliphatic heterocycles. The number of aliphatic carboxylic acids is 1. The van der Waals surface area contributed by atoms with Gasteiger partial charge >= 0.3 is 5.97 Å². The SMILES string of the molecule is CC(=O)N[C@@H](CCCNC(=N)N)C(=O)N[C@H]1CCC(=O)NCCC[C@@H](C(=O)O)NC(=O)[C@H](Cc2c[nH]c3ccccc23)NC(=O)[C@H](CCCNC(=N)N)NC(=O)[C@@H](Cc2ccccc2)NC(=O)[C@H](CCCNC(=N)N)NC1O. The van der Waals surface area contributed by atoms with Crippen molar-refractivity contribution in [3.63, 3.8) is 0 Å². The number of carbonyl (C=O) groups excluding carboxylic acids is 7. The Morgan fingerprint density at radius 2 is 1.26 bits per heavy atom. The maximum Gasteiger partial charge on any atom is 0.326 e. The second-order valence-electron chi connectivity index (χ2n) is 18.8. The minimum atomic E-state index is -1.78. The van der Waals surface area contributed by atoms with Crippen molar-refractivity contribution < 1.29 is 48.6 Å². The second-order valence-corrected chi connectivity index (χ2v) is 18.8. The first kappa shape index (κ1) is 62.0. The predicted molar refractivity (Wildman–Crippen MR) is 289 cm³/mol. The third-order valence-electron chi connectivity index (χ3n) is 12.6. The number of hydrogen-bond donors (Lipinski definition) is 20. The summed E-state index contributed by atoms with van der Waals surface area (Å²) in [7, 11) is 0. The number of carbonyl (C=O) groups is 8. The number of nitrogens with two attached hydrogens (primary N) is 3. The molecule has 0 spiro atoms. The van der Waals surface area contributed by atoms with Gasteiger partial charge in [-0.05, 0) is 75.0 Å². The lowest BCUT2D eigenvalue weighted by Crippen LogP contribution is -2.61. The maximum atomic E-state index is 14.7. The molecule has 0 saturated carbocycles. The average Bonchev–Trinajstić information content (AvgIpc) is 3.80. The van der Waals surface area contributed by atoms with Gasteiger partial charge in [-0.3, -0.25) is 55.1 Å². The Bertz CT molecular complexity index is 2550. The number of aromatic nitrogens is 1. The molecule has 1 unspecified atom stereocenters. The van der Waals surface area contributed by atoms with E-state index in [1.807, 2.05) is 18.2 Å². The predicted octanol–water partition coefficient (Wildman–Crippen LogP) is -3.28. The van der Waals surface area contributed by atoms with E-state index in [-0.39, 0.29) is 121 Å². The highest BCUT2D eigenvalue weighted by Gasteiger charge is 2.35. The van der Waals surface area contributed by atoms with Gasteiger partial charge < -0.3 is 85.6 Å². The first-order chi connectivity index (χ1) is 37.2. The third kappa shape index (κ3) is 22.0. The summed E-state index contributed by atoms with van der Waals surface area (Å²) in [5, 5.41) is 75.1. The van der Waals surface area contributed by atoms with Gasteiger partial charge in [0, 0.05) is 69.5 Å². The number of aliphatic hydroxyl groups is 1. The number of carboxylic acids is 1. The number of hydrogen-bond acceptors (Lipinski definition) is 13. The number of aromatic amines is 1. The fraction of sp³-hybridized carbons (Fsp3) is 0.500. The largest absolute Gasteiger partial charge is 0.480 e. The van der Waals surface area contributed by atoms with Gasteiger partial charge in [0.05, 0.1) is 12.1 Å². The van der Waals surface area contributed by atoms with Gasteiger partial charge in [-0.25, -0.2) is 4.79 Å². The lowest BCUT2D eigenvalue weighted by molar-refractivity contribution is -0.142. The van der Waals surface area contributed by atoms with Gasteiger partial charge in [0.1, 0.15) is 36.4 Å². The number of para-hydroxylation sites is 1. The molecular formula is C50H76N18O10. The Balaban J connectivity index is 1.79. The standard InChI is InChI=1S/C50H76N18O10/c1-28(69)62-33(15-7-22-58-48(51)52)41(71)65-36-19-20-40(70)57-21-10-18-37(47(77)78)66-46(76)39(26-30-27-61-32-14-6-5-13-31(30)32)68-43(73)35(17-9-24-60-50(55)56)64-45(75)38(25-29-11-3-2-4-12-29)67-42(72)34(63-44(36)74)16-8-23-59-49(53)54/h2-6,11-14,27,33-39,44,61,63,74H,7-10,15-26H2,1H3,(H,57,70)(H,62,69)(H,64,75)(H,65,71)(H,66,76)(H,67,72)(H,68,73)(H,77,78)(H4,51,52,58)(H4,53,54,59)(H4,55,56,60)/t33-,34-,35-,36-,37-,38+,39-,44?/m0/s1. The van der Waals surface area contributed by atoms with Crippen LogP contribution in [0.1, 0.15) is 82.3 Å². The Kier molecular flexibility index (Phi) is 25.6. The molecule has 23 N–H and O–H groups in total. The monoisotopic (exact) mass is 1090 g/mol. The highest BCUT2D eigenvalue weighted by Crippen LogP contribution is 2.20. The Labute approximate surface area is 451 Å². The maximum absolute atomic E-state index is 14.7. The number of guanidine groups is 3. The smallest absolute Gasteiger partial charge is 0.326 e. The number of benzene rings is 2. The lowest BCUT2D eigenvalue weighted by atomic mass is 10.0. The summed E-state index contributed by atoms with van der Waals surface area (Å²) >= 11 is 0. The van der Waals surface area contributed by atoms with E-state index < -0.39 is 95.8 Å². The zero-order valence-corrected chi connectivity index (χ0v) is 43.6. The molecule has 7 amide bonds. The van der Waals surface area contributed by atoms with Crippen LogP contribution in [0.2, 0.25) is 0 Å². The van der Waals surface area contributed by atoms with E-state index >= 15 is 0 Å². The van der Waals surface area contributed by atoms with Gasteiger partial charge in [-0.2, -0.15) is 0 Å². The second kappa shape index (κ2) is 32.1. The summed E-state index contributed by atoms with van der Waals surface area (Å²) in [6.45, 7) is 1.52. The van der Waals surface area contributed by atoms with Crippen molar-refractivity contribution >= 4 is 76.1 Å². The molecule has 1 aliphatic rings. The first-order valence-electron chi connectivity index (χ1n) is 25.8. The van der Waals surface area contributed by atoms with Crippen LogP contribution in [-0.2, 0) is 51.2 Å². The quantitative estimate of drug-likeness (QED) is 0.0300. The van der Waals surface area contributed by atoms with E-state index in [2.05, 4.69) is 63.5 Å². The Morgan fingerprint density at radius 1 is 0.705 bits per heavy atom. The topological polar surface area (TPSA) is 475 Å². The summed E-state index contributed by atoms with van der Waals surface area (Å²) in [6, 6.07) is 6.29. The van der Waals surface area contributed by atoms with E-state index in [0.717, 1.165) is 10.9 Å². The third-order valence-corrected chi connectivity index (χ3v) is 12.6. The van der Waals surface area contributed by atoms with Crippen molar-refractivity contribution in [1.29, 1.82) is 16.2 Å². The van der Waals surface area contributed by atoms with Crippen LogP contribution in [0.15, 0.2) is 60.8 Å². The van der Waals surface area contributed by atoms with Crippen LogP contribution in [-0.4, -0.2) is 155 Å². The molecule has 0 bridgehead atoms. The van der Waals surface area contributed by atoms with Crippen molar-refractivity contribution in [2.45, 2.75) is 132 Å². The van der Waals surface area contributed by atoms with Crippen LogP contribution < -0.4 is 75.7 Å². The number of aliphatic hydroxyl groups excluding tert-OH is 1.